The number of nitrogens with one attached hydrogen (secondary N) is 1. The van der Waals surface area contributed by atoms with Crippen molar-refractivity contribution in [3.63, 3.8) is 0 Å². The van der Waals surface area contributed by atoms with Crippen LogP contribution in [-0.4, -0.2) is 30.5 Å². The first-order valence-corrected chi connectivity index (χ1v) is 8.56. The summed E-state index contributed by atoms with van der Waals surface area (Å²) in [4.78, 5) is 17.3. The van der Waals surface area contributed by atoms with E-state index >= 15 is 0 Å². The van der Waals surface area contributed by atoms with Gasteiger partial charge >= 0.3 is 0 Å². The molecular formula is C19H24N2O2. The molecule has 0 spiro atoms. The monoisotopic (exact) mass is 312 g/mol. The second-order valence-electron chi connectivity index (χ2n) is 6.12. The lowest BCUT2D eigenvalue weighted by Gasteiger charge is -2.22. The number of ether oxygens (including phenoxy) is 1. The fourth-order valence-electron chi connectivity index (χ4n) is 3.10. The number of hydrogen-bond donors (Lipinski definition) is 1. The van der Waals surface area contributed by atoms with Crippen molar-refractivity contribution < 1.29 is 9.53 Å². The summed E-state index contributed by atoms with van der Waals surface area (Å²) in [5.74, 6) is 1.06. The van der Waals surface area contributed by atoms with E-state index in [1.807, 2.05) is 24.3 Å². The number of pyridine rings is 1. The molecule has 2 aromatic rings. The smallest absolute Gasteiger partial charge is 0.167 e. The molecule has 4 heteroatoms. The van der Waals surface area contributed by atoms with E-state index in [4.69, 9.17) is 4.74 Å². The van der Waals surface area contributed by atoms with Crippen molar-refractivity contribution in [3.8, 4) is 5.75 Å². The lowest BCUT2D eigenvalue weighted by molar-refractivity contribution is 0.0901. The molecule has 3 rings (SSSR count). The van der Waals surface area contributed by atoms with Crippen LogP contribution in [0, 0.1) is 5.92 Å². The van der Waals surface area contributed by atoms with E-state index in [-0.39, 0.29) is 11.7 Å². The zero-order valence-electron chi connectivity index (χ0n) is 13.7. The van der Waals surface area contributed by atoms with Crippen LogP contribution in [0.4, 0.5) is 0 Å². The van der Waals surface area contributed by atoms with E-state index in [1.54, 1.807) is 6.20 Å². The quantitative estimate of drug-likeness (QED) is 0.654. The van der Waals surface area contributed by atoms with E-state index in [1.165, 1.54) is 0 Å². The Balaban J connectivity index is 1.92. The molecule has 1 aliphatic rings. The van der Waals surface area contributed by atoms with Gasteiger partial charge in [0.15, 0.2) is 5.78 Å². The van der Waals surface area contributed by atoms with Crippen LogP contribution in [0.25, 0.3) is 10.9 Å². The number of hydrogen-bond acceptors (Lipinski definition) is 4. The van der Waals surface area contributed by atoms with Gasteiger partial charge in [-0.1, -0.05) is 19.4 Å². The molecule has 1 unspecified atom stereocenters. The number of nitrogens with zero attached hydrogens (tertiary/aromatic N) is 1. The van der Waals surface area contributed by atoms with Crippen molar-refractivity contribution in [2.45, 2.75) is 32.6 Å². The van der Waals surface area contributed by atoms with Crippen LogP contribution in [0.3, 0.4) is 0 Å². The fraction of sp³-hybridized carbons (Fsp3) is 0.474. The Labute approximate surface area is 137 Å². The molecular weight excluding hydrogens is 288 g/mol. The first kappa shape index (κ1) is 15.9. The van der Waals surface area contributed by atoms with Gasteiger partial charge in [0.1, 0.15) is 11.3 Å². The van der Waals surface area contributed by atoms with Crippen molar-refractivity contribution in [1.82, 2.24) is 10.3 Å². The minimum atomic E-state index is 0.0685. The second kappa shape index (κ2) is 7.55. The van der Waals surface area contributed by atoms with E-state index in [0.717, 1.165) is 61.0 Å². The molecule has 1 aromatic carbocycles. The summed E-state index contributed by atoms with van der Waals surface area (Å²) >= 11 is 0. The van der Waals surface area contributed by atoms with Crippen LogP contribution >= 0.6 is 0 Å². The lowest BCUT2D eigenvalue weighted by Crippen LogP contribution is -2.34. The van der Waals surface area contributed by atoms with Gasteiger partial charge < -0.3 is 10.1 Å². The topological polar surface area (TPSA) is 51.2 Å². The van der Waals surface area contributed by atoms with Crippen molar-refractivity contribution in [1.29, 1.82) is 0 Å². The molecule has 0 saturated carbocycles. The number of piperidine rings is 1. The Morgan fingerprint density at radius 2 is 2.30 bits per heavy atom. The molecule has 1 aromatic heterocycles. The second-order valence-corrected chi connectivity index (χ2v) is 6.12. The summed E-state index contributed by atoms with van der Waals surface area (Å²) in [7, 11) is 0. The molecule has 0 aliphatic carbocycles. The normalized spacial score (nSPS) is 18.0. The van der Waals surface area contributed by atoms with E-state index in [9.17, 15) is 4.79 Å². The number of fused-ring (bicyclic) bond motifs is 1. The molecule has 4 nitrogen and oxygen atoms in total. The number of unbranched alkanes of at least 4 members (excludes halogenated alkanes) is 1. The van der Waals surface area contributed by atoms with Gasteiger partial charge in [-0.25, -0.2) is 0 Å². The van der Waals surface area contributed by atoms with E-state index < -0.39 is 0 Å². The number of carbonyl (C=O) groups is 1. The van der Waals surface area contributed by atoms with Gasteiger partial charge in [-0.3, -0.25) is 9.78 Å². The molecule has 1 N–H and O–H groups in total. The summed E-state index contributed by atoms with van der Waals surface area (Å²) in [5, 5.41) is 4.22. The highest BCUT2D eigenvalue weighted by Gasteiger charge is 2.24. The molecule has 1 saturated heterocycles. The third-order valence-corrected chi connectivity index (χ3v) is 4.42. The van der Waals surface area contributed by atoms with Crippen LogP contribution in [-0.2, 0) is 0 Å². The Morgan fingerprint density at radius 1 is 1.39 bits per heavy atom. The highest BCUT2D eigenvalue weighted by Crippen LogP contribution is 2.29. The van der Waals surface area contributed by atoms with Crippen molar-refractivity contribution >= 4 is 16.7 Å². The highest BCUT2D eigenvalue weighted by atomic mass is 16.5. The molecule has 1 atom stereocenters. The molecule has 0 amide bonds. The highest BCUT2D eigenvalue weighted by molar-refractivity contribution is 6.09. The number of carbonyl (C=O) groups excluding carboxylic acids is 1. The molecule has 2 heterocycles. The van der Waals surface area contributed by atoms with Gasteiger partial charge in [0.2, 0.25) is 0 Å². The van der Waals surface area contributed by atoms with Crippen molar-refractivity contribution in [2.75, 3.05) is 19.7 Å². The average molecular weight is 312 g/mol. The maximum absolute atomic E-state index is 12.9. The zero-order valence-corrected chi connectivity index (χ0v) is 13.7. The van der Waals surface area contributed by atoms with Gasteiger partial charge in [-0.15, -0.1) is 0 Å². The molecule has 1 fully saturated rings. The summed E-state index contributed by atoms with van der Waals surface area (Å²) in [6, 6.07) is 7.66. The van der Waals surface area contributed by atoms with Gasteiger partial charge in [0, 0.05) is 29.6 Å². The van der Waals surface area contributed by atoms with Crippen LogP contribution in [0.2, 0.25) is 0 Å². The molecule has 1 aliphatic heterocycles. The van der Waals surface area contributed by atoms with Gasteiger partial charge in [0.05, 0.1) is 6.61 Å². The standard InChI is InChI=1S/C19H24N2O2/c1-2-3-12-23-17-9-8-16(15-7-5-11-21-18(15)17)19(22)14-6-4-10-20-13-14/h5,7-9,11,14,20H,2-4,6,10,12-13H2,1H3. The summed E-state index contributed by atoms with van der Waals surface area (Å²) in [6.07, 6.45) is 5.89. The third-order valence-electron chi connectivity index (χ3n) is 4.42. The number of ketones is 1. The SMILES string of the molecule is CCCCOc1ccc(C(=O)C2CCCNC2)c2cccnc12. The molecule has 23 heavy (non-hydrogen) atoms. The van der Waals surface area contributed by atoms with Crippen LogP contribution in [0.5, 0.6) is 5.75 Å². The van der Waals surface area contributed by atoms with E-state index in [0.29, 0.717) is 6.61 Å². The predicted octanol–water partition coefficient (Wildman–Crippen LogP) is 3.60. The molecule has 0 radical (unpaired) electrons. The predicted molar refractivity (Wildman–Crippen MR) is 92.1 cm³/mol. The number of benzene rings is 1. The summed E-state index contributed by atoms with van der Waals surface area (Å²) in [6.45, 7) is 4.60. The number of rotatable bonds is 6. The van der Waals surface area contributed by atoms with Crippen LogP contribution in [0.15, 0.2) is 30.5 Å². The Bertz CT molecular complexity index is 678. The van der Waals surface area contributed by atoms with Gasteiger partial charge in [0.25, 0.3) is 0 Å². The van der Waals surface area contributed by atoms with Gasteiger partial charge in [-0.2, -0.15) is 0 Å². The largest absolute Gasteiger partial charge is 0.491 e. The summed E-state index contributed by atoms with van der Waals surface area (Å²) < 4.78 is 5.85. The fourth-order valence-corrected chi connectivity index (χ4v) is 3.10. The van der Waals surface area contributed by atoms with E-state index in [2.05, 4.69) is 17.2 Å². The average Bonchev–Trinajstić information content (AvgIpc) is 2.62. The Morgan fingerprint density at radius 3 is 3.09 bits per heavy atom. The van der Waals surface area contributed by atoms with Crippen LogP contribution in [0.1, 0.15) is 43.0 Å². The van der Waals surface area contributed by atoms with Crippen LogP contribution < -0.4 is 10.1 Å². The maximum Gasteiger partial charge on any atom is 0.167 e. The summed E-state index contributed by atoms with van der Waals surface area (Å²) in [5.41, 5.74) is 1.56. The Kier molecular flexibility index (Phi) is 5.23. The Hall–Kier alpha value is -1.94. The zero-order chi connectivity index (χ0) is 16.1. The maximum atomic E-state index is 12.9. The molecule has 122 valence electrons. The van der Waals surface area contributed by atoms with Crippen molar-refractivity contribution in [2.24, 2.45) is 5.92 Å². The molecule has 0 bridgehead atoms. The minimum Gasteiger partial charge on any atom is -0.491 e. The van der Waals surface area contributed by atoms with Gasteiger partial charge in [-0.05, 0) is 44.0 Å². The van der Waals surface area contributed by atoms with Crippen molar-refractivity contribution in [3.05, 3.63) is 36.0 Å². The first-order chi connectivity index (χ1) is 11.3. The number of aromatic nitrogens is 1. The first-order valence-electron chi connectivity index (χ1n) is 8.56. The minimum absolute atomic E-state index is 0.0685. The third kappa shape index (κ3) is 3.53. The lowest BCUT2D eigenvalue weighted by atomic mass is 9.89. The number of Topliss-reactive ketones (excluding diaryl/α,β-unsaturated/α-hetero) is 1.